The summed E-state index contributed by atoms with van der Waals surface area (Å²) < 4.78 is 0. The smallest absolute Gasteiger partial charge is 0.251 e. The number of hydrogen-bond donors (Lipinski definition) is 4. The van der Waals surface area contributed by atoms with Gasteiger partial charge in [-0.3, -0.25) is 4.79 Å². The van der Waals surface area contributed by atoms with Crippen molar-refractivity contribution in [1.29, 1.82) is 0 Å². The van der Waals surface area contributed by atoms with E-state index in [1.165, 1.54) is 12.1 Å². The summed E-state index contributed by atoms with van der Waals surface area (Å²) >= 11 is 0. The summed E-state index contributed by atoms with van der Waals surface area (Å²) in [5, 5.41) is 29.4. The normalized spacial score (nSPS) is 12.1. The van der Waals surface area contributed by atoms with Gasteiger partial charge in [-0.15, -0.1) is 0 Å². The van der Waals surface area contributed by atoms with Gasteiger partial charge in [0.2, 0.25) is 0 Å². The average Bonchev–Trinajstić information content (AvgIpc) is 2.21. The van der Waals surface area contributed by atoms with Gasteiger partial charge in [-0.25, -0.2) is 0 Å². The van der Waals surface area contributed by atoms with Gasteiger partial charge in [-0.05, 0) is 25.1 Å². The van der Waals surface area contributed by atoms with E-state index < -0.39 is 5.91 Å². The van der Waals surface area contributed by atoms with Gasteiger partial charge in [0.05, 0.1) is 6.61 Å². The first-order valence-corrected chi connectivity index (χ1v) is 4.48. The van der Waals surface area contributed by atoms with Crippen LogP contribution >= 0.6 is 0 Å². The number of aliphatic hydroxyl groups is 1. The van der Waals surface area contributed by atoms with E-state index in [9.17, 15) is 4.79 Å². The number of aromatic hydroxyl groups is 2. The fraction of sp³-hybridized carbons (Fsp3) is 0.300. The number of rotatable bonds is 3. The largest absolute Gasteiger partial charge is 0.504 e. The Morgan fingerprint density at radius 3 is 2.60 bits per heavy atom. The van der Waals surface area contributed by atoms with Gasteiger partial charge in [0, 0.05) is 11.6 Å². The van der Waals surface area contributed by atoms with Gasteiger partial charge in [-0.1, -0.05) is 0 Å². The molecule has 0 aliphatic heterocycles. The summed E-state index contributed by atoms with van der Waals surface area (Å²) in [5.74, 6) is -1.03. The van der Waals surface area contributed by atoms with E-state index in [-0.39, 0.29) is 29.7 Å². The Kier molecular flexibility index (Phi) is 3.51. The van der Waals surface area contributed by atoms with Crippen LogP contribution in [-0.4, -0.2) is 33.9 Å². The summed E-state index contributed by atoms with van der Waals surface area (Å²) in [6.45, 7) is 1.49. The van der Waals surface area contributed by atoms with E-state index in [0.717, 1.165) is 6.07 Å². The van der Waals surface area contributed by atoms with Crippen LogP contribution in [0.5, 0.6) is 11.5 Å². The Hall–Kier alpha value is -1.75. The lowest BCUT2D eigenvalue weighted by molar-refractivity contribution is 0.0922. The summed E-state index contributed by atoms with van der Waals surface area (Å²) in [6, 6.07) is 3.42. The second-order valence-corrected chi connectivity index (χ2v) is 3.26. The third-order valence-corrected chi connectivity index (χ3v) is 1.89. The van der Waals surface area contributed by atoms with Gasteiger partial charge < -0.3 is 20.6 Å². The zero-order chi connectivity index (χ0) is 11.4. The topological polar surface area (TPSA) is 89.8 Å². The van der Waals surface area contributed by atoms with Crippen LogP contribution in [0.15, 0.2) is 18.2 Å². The van der Waals surface area contributed by atoms with Crippen LogP contribution < -0.4 is 5.32 Å². The number of carbonyl (C=O) groups is 1. The molecule has 0 aliphatic rings. The molecular weight excluding hydrogens is 198 g/mol. The lowest BCUT2D eigenvalue weighted by atomic mass is 10.2. The Morgan fingerprint density at radius 1 is 1.40 bits per heavy atom. The van der Waals surface area contributed by atoms with Crippen LogP contribution in [0.1, 0.15) is 17.3 Å². The number of nitrogens with one attached hydrogen (secondary N) is 1. The molecule has 0 bridgehead atoms. The fourth-order valence-electron chi connectivity index (χ4n) is 1.02. The van der Waals surface area contributed by atoms with E-state index in [4.69, 9.17) is 15.3 Å². The summed E-state index contributed by atoms with van der Waals surface area (Å²) in [6.07, 6.45) is 0. The number of carbonyl (C=O) groups excluding carboxylic acids is 1. The number of phenols is 2. The molecule has 5 nitrogen and oxygen atoms in total. The fourth-order valence-corrected chi connectivity index (χ4v) is 1.02. The van der Waals surface area contributed by atoms with Crippen LogP contribution in [0, 0.1) is 0 Å². The molecular formula is C10H13NO4. The van der Waals surface area contributed by atoms with E-state index in [2.05, 4.69) is 5.32 Å². The Bertz CT molecular complexity index is 364. The Labute approximate surface area is 87.0 Å². The molecule has 1 rings (SSSR count). The van der Waals surface area contributed by atoms with Gasteiger partial charge in [0.25, 0.3) is 5.91 Å². The molecule has 15 heavy (non-hydrogen) atoms. The minimum absolute atomic E-state index is 0.157. The highest BCUT2D eigenvalue weighted by Gasteiger charge is 2.10. The van der Waals surface area contributed by atoms with Crippen molar-refractivity contribution < 1.29 is 20.1 Å². The van der Waals surface area contributed by atoms with Crippen molar-refractivity contribution in [3.8, 4) is 11.5 Å². The van der Waals surface area contributed by atoms with Gasteiger partial charge in [-0.2, -0.15) is 0 Å². The SMILES string of the molecule is C[C@H](CO)NC(=O)c1ccc(O)c(O)c1. The maximum absolute atomic E-state index is 11.5. The highest BCUT2D eigenvalue weighted by atomic mass is 16.3. The molecule has 0 fully saturated rings. The lowest BCUT2D eigenvalue weighted by Crippen LogP contribution is -2.34. The zero-order valence-electron chi connectivity index (χ0n) is 8.27. The van der Waals surface area contributed by atoms with Crippen LogP contribution in [0.25, 0.3) is 0 Å². The minimum Gasteiger partial charge on any atom is -0.504 e. The highest BCUT2D eigenvalue weighted by Crippen LogP contribution is 2.24. The number of amides is 1. The van der Waals surface area contributed by atoms with Crippen molar-refractivity contribution in [2.75, 3.05) is 6.61 Å². The van der Waals surface area contributed by atoms with Crippen LogP contribution in [-0.2, 0) is 0 Å². The molecule has 4 N–H and O–H groups in total. The predicted octanol–water partition coefficient (Wildman–Crippen LogP) is 0.208. The van der Waals surface area contributed by atoms with Crippen molar-refractivity contribution >= 4 is 5.91 Å². The van der Waals surface area contributed by atoms with Crippen molar-refractivity contribution in [3.05, 3.63) is 23.8 Å². The van der Waals surface area contributed by atoms with Crippen molar-refractivity contribution in [2.45, 2.75) is 13.0 Å². The molecule has 0 spiro atoms. The molecule has 0 saturated heterocycles. The third kappa shape index (κ3) is 2.85. The van der Waals surface area contributed by atoms with Gasteiger partial charge in [0.1, 0.15) is 0 Å². The zero-order valence-corrected chi connectivity index (χ0v) is 8.27. The summed E-state index contributed by atoms with van der Waals surface area (Å²) in [4.78, 5) is 11.5. The molecule has 1 atom stereocenters. The van der Waals surface area contributed by atoms with Crippen LogP contribution in [0.3, 0.4) is 0 Å². The molecule has 0 radical (unpaired) electrons. The standard InChI is InChI=1S/C10H13NO4/c1-6(5-12)11-10(15)7-2-3-8(13)9(14)4-7/h2-4,6,12-14H,5H2,1H3,(H,11,15)/t6-/m1/s1. The lowest BCUT2D eigenvalue weighted by Gasteiger charge is -2.10. The minimum atomic E-state index is -0.410. The van der Waals surface area contributed by atoms with E-state index >= 15 is 0 Å². The third-order valence-electron chi connectivity index (χ3n) is 1.89. The number of hydrogen-bond acceptors (Lipinski definition) is 4. The Morgan fingerprint density at radius 2 is 2.07 bits per heavy atom. The molecule has 1 aromatic carbocycles. The monoisotopic (exact) mass is 211 g/mol. The van der Waals surface area contributed by atoms with E-state index in [1.807, 2.05) is 0 Å². The maximum atomic E-state index is 11.5. The molecule has 0 aromatic heterocycles. The van der Waals surface area contributed by atoms with Crippen molar-refractivity contribution in [1.82, 2.24) is 5.32 Å². The molecule has 5 heteroatoms. The molecule has 1 aromatic rings. The van der Waals surface area contributed by atoms with Crippen LogP contribution in [0.2, 0.25) is 0 Å². The quantitative estimate of drug-likeness (QED) is 0.538. The van der Waals surface area contributed by atoms with E-state index in [1.54, 1.807) is 6.92 Å². The Balaban J connectivity index is 2.78. The first kappa shape index (κ1) is 11.3. The van der Waals surface area contributed by atoms with Gasteiger partial charge in [0.15, 0.2) is 11.5 Å². The average molecular weight is 211 g/mol. The number of benzene rings is 1. The number of aliphatic hydroxyl groups excluding tert-OH is 1. The summed E-state index contributed by atoms with van der Waals surface area (Å²) in [7, 11) is 0. The highest BCUT2D eigenvalue weighted by molar-refractivity contribution is 5.95. The molecule has 82 valence electrons. The molecule has 1 amide bonds. The molecule has 0 saturated carbocycles. The van der Waals surface area contributed by atoms with E-state index in [0.29, 0.717) is 0 Å². The maximum Gasteiger partial charge on any atom is 0.251 e. The summed E-state index contributed by atoms with van der Waals surface area (Å²) in [5.41, 5.74) is 0.227. The molecule has 0 heterocycles. The van der Waals surface area contributed by atoms with Crippen LogP contribution in [0.4, 0.5) is 0 Å². The predicted molar refractivity (Wildman–Crippen MR) is 53.8 cm³/mol. The molecule has 0 unspecified atom stereocenters. The second kappa shape index (κ2) is 4.65. The number of phenolic OH excluding ortho intramolecular Hbond substituents is 2. The van der Waals surface area contributed by atoms with Crippen molar-refractivity contribution in [3.63, 3.8) is 0 Å². The molecule has 0 aliphatic carbocycles. The first-order chi connectivity index (χ1) is 7.04. The van der Waals surface area contributed by atoms with Gasteiger partial charge >= 0.3 is 0 Å². The first-order valence-electron chi connectivity index (χ1n) is 4.48. The van der Waals surface area contributed by atoms with Crippen molar-refractivity contribution in [2.24, 2.45) is 0 Å². The second-order valence-electron chi connectivity index (χ2n) is 3.26.